The van der Waals surface area contributed by atoms with Crippen LogP contribution in [0.2, 0.25) is 0 Å². The lowest BCUT2D eigenvalue weighted by Gasteiger charge is -2.05. The SMILES string of the molecule is Cc1cc(C(=O)O)c(NC(=O)c2cc(F)ccc2F)s1. The van der Waals surface area contributed by atoms with E-state index in [-0.39, 0.29) is 10.6 Å². The number of hydrogen-bond acceptors (Lipinski definition) is 3. The van der Waals surface area contributed by atoms with Crippen molar-refractivity contribution in [2.45, 2.75) is 6.92 Å². The first-order valence-corrected chi connectivity index (χ1v) is 6.30. The number of carboxylic acids is 1. The Hall–Kier alpha value is -2.28. The minimum Gasteiger partial charge on any atom is -0.478 e. The number of amides is 1. The summed E-state index contributed by atoms with van der Waals surface area (Å²) in [6, 6.07) is 3.88. The number of carbonyl (C=O) groups is 2. The van der Waals surface area contributed by atoms with Crippen molar-refractivity contribution in [3.8, 4) is 0 Å². The van der Waals surface area contributed by atoms with E-state index in [1.54, 1.807) is 6.92 Å². The molecule has 2 N–H and O–H groups in total. The highest BCUT2D eigenvalue weighted by Crippen LogP contribution is 2.28. The number of rotatable bonds is 3. The summed E-state index contributed by atoms with van der Waals surface area (Å²) in [6.45, 7) is 1.68. The molecular formula is C13H9F2NO3S. The van der Waals surface area contributed by atoms with E-state index in [0.717, 1.165) is 29.5 Å². The summed E-state index contributed by atoms with van der Waals surface area (Å²) in [7, 11) is 0. The standard InChI is InChI=1S/C13H9F2NO3S/c1-6-4-9(13(18)19)12(20-6)16-11(17)8-5-7(14)2-3-10(8)15/h2-5H,1H3,(H,16,17)(H,18,19). The number of halogens is 2. The van der Waals surface area contributed by atoms with Crippen molar-refractivity contribution >= 4 is 28.2 Å². The van der Waals surface area contributed by atoms with Crippen LogP contribution in [0.25, 0.3) is 0 Å². The first-order chi connectivity index (χ1) is 9.38. The molecule has 1 aromatic heterocycles. The first-order valence-electron chi connectivity index (χ1n) is 5.48. The van der Waals surface area contributed by atoms with E-state index in [9.17, 15) is 18.4 Å². The van der Waals surface area contributed by atoms with E-state index < -0.39 is 29.1 Å². The molecule has 20 heavy (non-hydrogen) atoms. The molecule has 0 aliphatic rings. The van der Waals surface area contributed by atoms with Crippen molar-refractivity contribution in [1.29, 1.82) is 0 Å². The number of thiophene rings is 1. The summed E-state index contributed by atoms with van der Waals surface area (Å²) < 4.78 is 26.5. The van der Waals surface area contributed by atoms with Crippen LogP contribution in [0, 0.1) is 18.6 Å². The van der Waals surface area contributed by atoms with Gasteiger partial charge in [0.1, 0.15) is 16.6 Å². The zero-order chi connectivity index (χ0) is 14.9. The molecule has 0 atom stereocenters. The van der Waals surface area contributed by atoms with Gasteiger partial charge in [-0.25, -0.2) is 13.6 Å². The van der Waals surface area contributed by atoms with Crippen LogP contribution in [0.1, 0.15) is 25.6 Å². The van der Waals surface area contributed by atoms with Crippen LogP contribution >= 0.6 is 11.3 Å². The molecule has 0 aliphatic heterocycles. The number of aromatic carboxylic acids is 1. The predicted octanol–water partition coefficient (Wildman–Crippen LogP) is 3.29. The Morgan fingerprint density at radius 1 is 1.20 bits per heavy atom. The van der Waals surface area contributed by atoms with E-state index in [1.807, 2.05) is 0 Å². The third-order valence-electron chi connectivity index (χ3n) is 2.49. The number of anilines is 1. The number of carboxylic acid groups (broad SMARTS) is 1. The highest BCUT2D eigenvalue weighted by atomic mass is 32.1. The van der Waals surface area contributed by atoms with Crippen molar-refractivity contribution < 1.29 is 23.5 Å². The molecule has 2 aromatic rings. The third kappa shape index (κ3) is 2.83. The van der Waals surface area contributed by atoms with E-state index in [4.69, 9.17) is 5.11 Å². The monoisotopic (exact) mass is 297 g/mol. The topological polar surface area (TPSA) is 66.4 Å². The lowest BCUT2D eigenvalue weighted by atomic mass is 10.2. The minimum absolute atomic E-state index is 0.0855. The van der Waals surface area contributed by atoms with Crippen LogP contribution < -0.4 is 5.32 Å². The van der Waals surface area contributed by atoms with Crippen molar-refractivity contribution in [1.82, 2.24) is 0 Å². The Bertz CT molecular complexity index is 697. The van der Waals surface area contributed by atoms with Gasteiger partial charge in [-0.2, -0.15) is 0 Å². The van der Waals surface area contributed by atoms with Gasteiger partial charge in [-0.05, 0) is 31.2 Å². The molecule has 2 rings (SSSR count). The number of benzene rings is 1. The van der Waals surface area contributed by atoms with Gasteiger partial charge in [-0.3, -0.25) is 4.79 Å². The van der Waals surface area contributed by atoms with Gasteiger partial charge in [0.05, 0.1) is 11.1 Å². The van der Waals surface area contributed by atoms with Gasteiger partial charge in [0, 0.05) is 4.88 Å². The maximum Gasteiger partial charge on any atom is 0.338 e. The lowest BCUT2D eigenvalue weighted by Crippen LogP contribution is -2.15. The van der Waals surface area contributed by atoms with Gasteiger partial charge < -0.3 is 10.4 Å². The van der Waals surface area contributed by atoms with Gasteiger partial charge in [0.2, 0.25) is 0 Å². The Morgan fingerprint density at radius 3 is 2.55 bits per heavy atom. The number of carbonyl (C=O) groups excluding carboxylic acids is 1. The van der Waals surface area contributed by atoms with Gasteiger partial charge in [0.15, 0.2) is 0 Å². The fraction of sp³-hybridized carbons (Fsp3) is 0.0769. The second-order valence-electron chi connectivity index (χ2n) is 3.98. The number of nitrogens with one attached hydrogen (secondary N) is 1. The molecular weight excluding hydrogens is 288 g/mol. The van der Waals surface area contributed by atoms with Crippen molar-refractivity contribution in [3.63, 3.8) is 0 Å². The largest absolute Gasteiger partial charge is 0.478 e. The molecule has 0 bridgehead atoms. The normalized spacial score (nSPS) is 10.3. The summed E-state index contributed by atoms with van der Waals surface area (Å²) in [5.74, 6) is -3.73. The molecule has 0 spiro atoms. The fourth-order valence-electron chi connectivity index (χ4n) is 1.61. The van der Waals surface area contributed by atoms with Gasteiger partial charge >= 0.3 is 5.97 Å². The average molecular weight is 297 g/mol. The molecule has 104 valence electrons. The van der Waals surface area contributed by atoms with Crippen molar-refractivity contribution in [2.24, 2.45) is 0 Å². The highest BCUT2D eigenvalue weighted by Gasteiger charge is 2.19. The van der Waals surface area contributed by atoms with E-state index in [2.05, 4.69) is 5.32 Å². The third-order valence-corrected chi connectivity index (χ3v) is 3.45. The zero-order valence-corrected chi connectivity index (χ0v) is 11.1. The maximum atomic E-state index is 13.4. The quantitative estimate of drug-likeness (QED) is 0.913. The average Bonchev–Trinajstić information content (AvgIpc) is 2.73. The molecule has 0 unspecified atom stereocenters. The van der Waals surface area contributed by atoms with Crippen molar-refractivity contribution in [2.75, 3.05) is 5.32 Å². The zero-order valence-electron chi connectivity index (χ0n) is 10.2. The Morgan fingerprint density at radius 2 is 1.90 bits per heavy atom. The molecule has 4 nitrogen and oxygen atoms in total. The summed E-state index contributed by atoms with van der Waals surface area (Å²) in [4.78, 5) is 23.5. The van der Waals surface area contributed by atoms with E-state index >= 15 is 0 Å². The maximum absolute atomic E-state index is 13.4. The lowest BCUT2D eigenvalue weighted by molar-refractivity contribution is 0.0698. The fourth-order valence-corrected chi connectivity index (χ4v) is 2.51. The van der Waals surface area contributed by atoms with E-state index in [0.29, 0.717) is 4.88 Å². The van der Waals surface area contributed by atoms with Crippen LogP contribution in [0.3, 0.4) is 0 Å². The Labute approximate surface area is 116 Å². The van der Waals surface area contributed by atoms with Crippen LogP contribution in [0.5, 0.6) is 0 Å². The molecule has 1 aromatic carbocycles. The minimum atomic E-state index is -1.20. The van der Waals surface area contributed by atoms with Crippen LogP contribution in [0.4, 0.5) is 13.8 Å². The smallest absolute Gasteiger partial charge is 0.338 e. The Kier molecular flexibility index (Phi) is 3.80. The second kappa shape index (κ2) is 5.38. The van der Waals surface area contributed by atoms with Gasteiger partial charge in [-0.1, -0.05) is 0 Å². The van der Waals surface area contributed by atoms with Gasteiger partial charge in [0.25, 0.3) is 5.91 Å². The van der Waals surface area contributed by atoms with Crippen LogP contribution in [-0.4, -0.2) is 17.0 Å². The van der Waals surface area contributed by atoms with Crippen LogP contribution in [-0.2, 0) is 0 Å². The molecule has 0 fully saturated rings. The molecule has 0 aliphatic carbocycles. The summed E-state index contributed by atoms with van der Waals surface area (Å²) in [6.07, 6.45) is 0. The number of hydrogen-bond donors (Lipinski definition) is 2. The first kappa shape index (κ1) is 14.1. The van der Waals surface area contributed by atoms with E-state index in [1.165, 1.54) is 6.07 Å². The summed E-state index contributed by atoms with van der Waals surface area (Å²) >= 11 is 1.05. The summed E-state index contributed by atoms with van der Waals surface area (Å²) in [5, 5.41) is 11.4. The van der Waals surface area contributed by atoms with Gasteiger partial charge in [-0.15, -0.1) is 11.3 Å². The van der Waals surface area contributed by atoms with Crippen molar-refractivity contribution in [3.05, 3.63) is 51.9 Å². The number of aryl methyl sites for hydroxylation is 1. The Balaban J connectivity index is 2.32. The molecule has 0 radical (unpaired) electrons. The molecule has 0 saturated carbocycles. The predicted molar refractivity (Wildman–Crippen MR) is 70.3 cm³/mol. The molecule has 0 saturated heterocycles. The van der Waals surface area contributed by atoms with Crippen LogP contribution in [0.15, 0.2) is 24.3 Å². The molecule has 1 amide bonds. The molecule has 7 heteroatoms. The summed E-state index contributed by atoms with van der Waals surface area (Å²) in [5.41, 5.74) is -0.565. The molecule has 1 heterocycles. The second-order valence-corrected chi connectivity index (χ2v) is 5.24. The highest BCUT2D eigenvalue weighted by molar-refractivity contribution is 7.16.